The first-order valence-electron chi connectivity index (χ1n) is 11.0. The minimum absolute atomic E-state index is 0.115. The first kappa shape index (κ1) is 22.9. The molecular weight excluding hydrogens is 424 g/mol. The van der Waals surface area contributed by atoms with Gasteiger partial charge in [-0.15, -0.1) is 0 Å². The normalized spacial score (nSPS) is 11.3. The van der Waals surface area contributed by atoms with E-state index in [9.17, 15) is 14.9 Å². The fourth-order valence-electron chi connectivity index (χ4n) is 3.96. The monoisotopic (exact) mass is 450 g/mol. The van der Waals surface area contributed by atoms with Crippen LogP contribution in [0.1, 0.15) is 41.0 Å². The molecule has 2 heterocycles. The van der Waals surface area contributed by atoms with Crippen LogP contribution < -0.4 is 10.9 Å². The average molecular weight is 451 g/mol. The molecule has 34 heavy (non-hydrogen) atoms. The van der Waals surface area contributed by atoms with Crippen molar-refractivity contribution in [1.82, 2.24) is 9.55 Å². The van der Waals surface area contributed by atoms with Crippen LogP contribution in [0.4, 0.5) is 5.69 Å². The number of nitriles is 1. The van der Waals surface area contributed by atoms with E-state index < -0.39 is 5.41 Å². The number of nitrogens with one attached hydrogen (secondary N) is 1. The fourth-order valence-corrected chi connectivity index (χ4v) is 3.96. The third kappa shape index (κ3) is 4.20. The van der Waals surface area contributed by atoms with Crippen LogP contribution in [-0.2, 0) is 12.5 Å². The topological polar surface area (TPSA) is 87.8 Å². The van der Waals surface area contributed by atoms with Gasteiger partial charge in [0.25, 0.3) is 11.5 Å². The number of hydrogen-bond acceptors (Lipinski definition) is 4. The van der Waals surface area contributed by atoms with E-state index in [1.165, 1.54) is 0 Å². The van der Waals surface area contributed by atoms with Gasteiger partial charge in [-0.3, -0.25) is 14.6 Å². The second kappa shape index (κ2) is 8.60. The van der Waals surface area contributed by atoms with Crippen LogP contribution in [0.15, 0.2) is 65.6 Å². The van der Waals surface area contributed by atoms with E-state index in [4.69, 9.17) is 0 Å². The van der Waals surface area contributed by atoms with Gasteiger partial charge in [0, 0.05) is 41.1 Å². The molecule has 0 aliphatic heterocycles. The van der Waals surface area contributed by atoms with E-state index in [0.717, 1.165) is 33.3 Å². The predicted molar refractivity (Wildman–Crippen MR) is 135 cm³/mol. The SMILES string of the molecule is Cc1cc2c(cn1)cc(-c1cc(NC(=O)c3cccc(C(C)(C)C#N)c3)ccc1C)c(=O)n2C. The zero-order valence-corrected chi connectivity index (χ0v) is 19.9. The molecule has 0 fully saturated rings. The summed E-state index contributed by atoms with van der Waals surface area (Å²) in [5.74, 6) is -0.281. The first-order valence-corrected chi connectivity index (χ1v) is 11.0. The molecule has 0 saturated carbocycles. The van der Waals surface area contributed by atoms with Crippen molar-refractivity contribution in [3.05, 3.63) is 93.5 Å². The van der Waals surface area contributed by atoms with Crippen molar-refractivity contribution in [3.63, 3.8) is 0 Å². The summed E-state index contributed by atoms with van der Waals surface area (Å²) in [5.41, 5.74) is 4.90. The third-order valence-corrected chi connectivity index (χ3v) is 6.16. The summed E-state index contributed by atoms with van der Waals surface area (Å²) in [7, 11) is 1.75. The lowest BCUT2D eigenvalue weighted by atomic mass is 9.85. The van der Waals surface area contributed by atoms with Crippen LogP contribution in [0.3, 0.4) is 0 Å². The summed E-state index contributed by atoms with van der Waals surface area (Å²) in [5, 5.41) is 13.2. The molecule has 2 aromatic carbocycles. The molecule has 0 bridgehead atoms. The van der Waals surface area contributed by atoms with Crippen LogP contribution in [0.2, 0.25) is 0 Å². The Bertz CT molecular complexity index is 1540. The highest BCUT2D eigenvalue weighted by Crippen LogP contribution is 2.28. The number of hydrogen-bond donors (Lipinski definition) is 1. The summed E-state index contributed by atoms with van der Waals surface area (Å²) in [6.07, 6.45) is 1.77. The van der Waals surface area contributed by atoms with Gasteiger partial charge in [0.2, 0.25) is 0 Å². The van der Waals surface area contributed by atoms with Crippen LogP contribution in [0.5, 0.6) is 0 Å². The Kier molecular flexibility index (Phi) is 5.80. The summed E-state index contributed by atoms with van der Waals surface area (Å²) >= 11 is 0. The number of nitrogens with zero attached hydrogens (tertiary/aromatic N) is 3. The van der Waals surface area contributed by atoms with Crippen LogP contribution in [0, 0.1) is 25.2 Å². The molecule has 0 spiro atoms. The maximum Gasteiger partial charge on any atom is 0.258 e. The zero-order chi connectivity index (χ0) is 24.6. The molecule has 2 aromatic heterocycles. The quantitative estimate of drug-likeness (QED) is 0.459. The number of anilines is 1. The number of benzene rings is 2. The van der Waals surface area contributed by atoms with Crippen LogP contribution >= 0.6 is 0 Å². The standard InChI is InChI=1S/C28H26N4O2/c1-17-9-10-22(31-26(33)19-7-6-8-21(12-19)28(3,4)16-29)14-23(17)24-13-20-15-30-18(2)11-25(20)32(5)27(24)34/h6-15H,1-5H3,(H,31,33). The van der Waals surface area contributed by atoms with Crippen LogP contribution in [0.25, 0.3) is 22.0 Å². The van der Waals surface area contributed by atoms with Crippen molar-refractivity contribution in [2.45, 2.75) is 33.1 Å². The third-order valence-electron chi connectivity index (χ3n) is 6.16. The average Bonchev–Trinajstić information content (AvgIpc) is 2.83. The van der Waals surface area contributed by atoms with Gasteiger partial charge in [-0.05, 0) is 80.8 Å². The van der Waals surface area contributed by atoms with E-state index in [-0.39, 0.29) is 11.5 Å². The lowest BCUT2D eigenvalue weighted by Gasteiger charge is -2.17. The molecule has 4 rings (SSSR count). The van der Waals surface area contributed by atoms with E-state index >= 15 is 0 Å². The smallest absolute Gasteiger partial charge is 0.258 e. The number of pyridine rings is 2. The second-order valence-corrected chi connectivity index (χ2v) is 9.11. The Morgan fingerprint density at radius 1 is 1.06 bits per heavy atom. The van der Waals surface area contributed by atoms with Gasteiger partial charge in [-0.1, -0.05) is 18.2 Å². The number of aromatic nitrogens is 2. The van der Waals surface area contributed by atoms with Gasteiger partial charge in [0.15, 0.2) is 0 Å². The number of fused-ring (bicyclic) bond motifs is 1. The second-order valence-electron chi connectivity index (χ2n) is 9.11. The molecule has 6 heteroatoms. The van der Waals surface area contributed by atoms with Gasteiger partial charge >= 0.3 is 0 Å². The number of aryl methyl sites for hydroxylation is 3. The molecule has 4 aromatic rings. The van der Waals surface area contributed by atoms with Crippen LogP contribution in [-0.4, -0.2) is 15.5 Å². The molecule has 0 unspecified atom stereocenters. The zero-order valence-electron chi connectivity index (χ0n) is 19.9. The fraction of sp³-hybridized carbons (Fsp3) is 0.214. The lowest BCUT2D eigenvalue weighted by molar-refractivity contribution is 0.102. The molecule has 0 radical (unpaired) electrons. The Hall–Kier alpha value is -4.24. The first-order chi connectivity index (χ1) is 16.1. The van der Waals surface area contributed by atoms with Crippen molar-refractivity contribution >= 4 is 22.5 Å². The van der Waals surface area contributed by atoms with Crippen molar-refractivity contribution in [3.8, 4) is 17.2 Å². The van der Waals surface area contributed by atoms with E-state index in [1.54, 1.807) is 36.0 Å². The van der Waals surface area contributed by atoms with Gasteiger partial charge < -0.3 is 9.88 Å². The predicted octanol–water partition coefficient (Wildman–Crippen LogP) is 5.27. The van der Waals surface area contributed by atoms with E-state index in [1.807, 2.05) is 64.1 Å². The summed E-state index contributed by atoms with van der Waals surface area (Å²) in [4.78, 5) is 30.5. The molecule has 6 nitrogen and oxygen atoms in total. The highest BCUT2D eigenvalue weighted by molar-refractivity contribution is 6.04. The summed E-state index contributed by atoms with van der Waals surface area (Å²) in [6, 6.07) is 18.6. The van der Waals surface area contributed by atoms with E-state index in [2.05, 4.69) is 16.4 Å². The number of rotatable bonds is 4. The lowest BCUT2D eigenvalue weighted by Crippen LogP contribution is -2.19. The molecule has 1 amide bonds. The number of amides is 1. The Morgan fingerprint density at radius 2 is 1.82 bits per heavy atom. The van der Waals surface area contributed by atoms with Gasteiger partial charge in [0.1, 0.15) is 0 Å². The molecular formula is C28H26N4O2. The molecule has 170 valence electrons. The Morgan fingerprint density at radius 3 is 2.56 bits per heavy atom. The molecule has 0 aliphatic rings. The van der Waals surface area contributed by atoms with Crippen molar-refractivity contribution in [2.24, 2.45) is 7.05 Å². The maximum atomic E-state index is 13.2. The molecule has 0 atom stereocenters. The van der Waals surface area contributed by atoms with Crippen molar-refractivity contribution in [2.75, 3.05) is 5.32 Å². The van der Waals surface area contributed by atoms with Gasteiger partial charge in [-0.25, -0.2) is 0 Å². The minimum atomic E-state index is -0.698. The molecule has 0 aliphatic carbocycles. The summed E-state index contributed by atoms with van der Waals surface area (Å²) < 4.78 is 1.63. The maximum absolute atomic E-state index is 13.2. The van der Waals surface area contributed by atoms with Gasteiger partial charge in [0.05, 0.1) is 17.0 Å². The van der Waals surface area contributed by atoms with Gasteiger partial charge in [-0.2, -0.15) is 5.26 Å². The Labute approximate surface area is 198 Å². The minimum Gasteiger partial charge on any atom is -0.322 e. The highest BCUT2D eigenvalue weighted by Gasteiger charge is 2.21. The number of carbonyl (C=O) groups is 1. The summed E-state index contributed by atoms with van der Waals surface area (Å²) in [6.45, 7) is 7.46. The Balaban J connectivity index is 1.72. The largest absolute Gasteiger partial charge is 0.322 e. The van der Waals surface area contributed by atoms with Crippen molar-refractivity contribution in [1.29, 1.82) is 5.26 Å². The highest BCUT2D eigenvalue weighted by atomic mass is 16.1. The molecule has 0 saturated heterocycles. The van der Waals surface area contributed by atoms with E-state index in [0.29, 0.717) is 16.8 Å². The van der Waals surface area contributed by atoms with Crippen molar-refractivity contribution < 1.29 is 4.79 Å². The molecule has 1 N–H and O–H groups in total. The number of carbonyl (C=O) groups excluding carboxylic acids is 1.